The molecule has 0 saturated carbocycles. The van der Waals surface area contributed by atoms with Crippen molar-refractivity contribution in [2.75, 3.05) is 28.4 Å². The number of amides is 1. The van der Waals surface area contributed by atoms with Crippen molar-refractivity contribution in [2.45, 2.75) is 6.54 Å². The number of carbonyl (C=O) groups is 2. The van der Waals surface area contributed by atoms with Crippen molar-refractivity contribution >= 4 is 23.2 Å². The third-order valence-electron chi connectivity index (χ3n) is 4.49. The highest BCUT2D eigenvalue weighted by Gasteiger charge is 2.20. The molecule has 9 heteroatoms. The van der Waals surface area contributed by atoms with Crippen molar-refractivity contribution in [3.8, 4) is 27.8 Å². The van der Waals surface area contributed by atoms with Crippen LogP contribution in [0.5, 0.6) is 17.2 Å². The topological polar surface area (TPSA) is 96.0 Å². The van der Waals surface area contributed by atoms with Crippen LogP contribution in [0.25, 0.3) is 10.6 Å². The molecule has 0 aliphatic carbocycles. The van der Waals surface area contributed by atoms with Crippen LogP contribution >= 0.6 is 11.3 Å². The number of rotatable bonds is 8. The van der Waals surface area contributed by atoms with Crippen molar-refractivity contribution in [1.82, 2.24) is 10.3 Å². The molecule has 2 aromatic carbocycles. The molecule has 0 saturated heterocycles. The third-order valence-corrected chi connectivity index (χ3v) is 5.38. The molecular weight excluding hydrogens is 420 g/mol. The van der Waals surface area contributed by atoms with Gasteiger partial charge >= 0.3 is 6.09 Å². The average Bonchev–Trinajstić information content (AvgIpc) is 3.31. The lowest BCUT2D eigenvalue weighted by Crippen LogP contribution is -2.22. The number of hydrogen-bond acceptors (Lipinski definition) is 8. The molecule has 0 unspecified atom stereocenters. The van der Waals surface area contributed by atoms with Gasteiger partial charge in [0.05, 0.1) is 28.4 Å². The zero-order valence-corrected chi connectivity index (χ0v) is 18.4. The second-order valence-electron chi connectivity index (χ2n) is 6.32. The SMILES string of the molecule is COC(=O)NCc1ccc(-c2nc(C(=O)c3cc(OC)c(OC)c(OC)c3)cs2)cc1. The minimum atomic E-state index is -0.487. The van der Waals surface area contributed by atoms with E-state index in [2.05, 4.69) is 15.0 Å². The number of methoxy groups -OCH3 is 4. The van der Waals surface area contributed by atoms with Gasteiger partial charge in [0, 0.05) is 23.1 Å². The van der Waals surface area contributed by atoms with Crippen molar-refractivity contribution in [3.63, 3.8) is 0 Å². The molecule has 0 radical (unpaired) electrons. The smallest absolute Gasteiger partial charge is 0.407 e. The first-order valence-electron chi connectivity index (χ1n) is 9.22. The molecule has 0 spiro atoms. The molecule has 31 heavy (non-hydrogen) atoms. The van der Waals surface area contributed by atoms with Gasteiger partial charge in [-0.1, -0.05) is 24.3 Å². The highest BCUT2D eigenvalue weighted by molar-refractivity contribution is 7.13. The standard InChI is InChI=1S/C22H22N2O6S/c1-27-17-9-15(10-18(28-2)20(17)29-3)19(25)16-12-31-21(24-16)14-7-5-13(6-8-14)11-23-22(26)30-4/h5-10,12H,11H2,1-4H3,(H,23,26). The van der Waals surface area contributed by atoms with E-state index < -0.39 is 6.09 Å². The summed E-state index contributed by atoms with van der Waals surface area (Å²) >= 11 is 1.37. The van der Waals surface area contributed by atoms with Gasteiger partial charge in [0.15, 0.2) is 11.5 Å². The number of nitrogens with one attached hydrogen (secondary N) is 1. The summed E-state index contributed by atoms with van der Waals surface area (Å²) in [6.45, 7) is 0.357. The quantitative estimate of drug-likeness (QED) is 0.528. The van der Waals surface area contributed by atoms with Gasteiger partial charge in [-0.2, -0.15) is 0 Å². The second kappa shape index (κ2) is 9.94. The Bertz CT molecular complexity index is 1050. The van der Waals surface area contributed by atoms with Crippen LogP contribution < -0.4 is 19.5 Å². The van der Waals surface area contributed by atoms with Crippen LogP contribution in [0.2, 0.25) is 0 Å². The van der Waals surface area contributed by atoms with Crippen LogP contribution in [-0.2, 0) is 11.3 Å². The van der Waals surface area contributed by atoms with Crippen LogP contribution in [0.4, 0.5) is 4.79 Å². The average molecular weight is 442 g/mol. The summed E-state index contributed by atoms with van der Waals surface area (Å²) in [4.78, 5) is 28.7. The van der Waals surface area contributed by atoms with E-state index in [4.69, 9.17) is 14.2 Å². The van der Waals surface area contributed by atoms with E-state index in [1.165, 1.54) is 39.8 Å². The number of benzene rings is 2. The Hall–Kier alpha value is -3.59. The van der Waals surface area contributed by atoms with E-state index in [0.717, 1.165) is 11.1 Å². The molecule has 3 aromatic rings. The Labute approximate surface area is 183 Å². The number of thiazole rings is 1. The van der Waals surface area contributed by atoms with Crippen LogP contribution in [-0.4, -0.2) is 45.3 Å². The molecule has 3 rings (SSSR count). The monoisotopic (exact) mass is 442 g/mol. The van der Waals surface area contributed by atoms with Crippen molar-refractivity contribution < 1.29 is 28.5 Å². The van der Waals surface area contributed by atoms with Crippen LogP contribution in [0.1, 0.15) is 21.6 Å². The maximum Gasteiger partial charge on any atom is 0.407 e. The molecule has 1 heterocycles. The zero-order valence-electron chi connectivity index (χ0n) is 17.6. The lowest BCUT2D eigenvalue weighted by atomic mass is 10.1. The Morgan fingerprint density at radius 1 is 0.968 bits per heavy atom. The van der Waals surface area contributed by atoms with E-state index in [9.17, 15) is 9.59 Å². The summed E-state index contributed by atoms with van der Waals surface area (Å²) in [7, 11) is 5.82. The lowest BCUT2D eigenvalue weighted by molar-refractivity contribution is 0.103. The van der Waals surface area contributed by atoms with Crippen LogP contribution in [0.15, 0.2) is 41.8 Å². The number of ether oxygens (including phenoxy) is 4. The molecule has 1 aromatic heterocycles. The first-order valence-corrected chi connectivity index (χ1v) is 10.1. The van der Waals surface area contributed by atoms with E-state index in [1.807, 2.05) is 24.3 Å². The first-order chi connectivity index (χ1) is 15.0. The maximum atomic E-state index is 13.0. The number of ketones is 1. The Morgan fingerprint density at radius 2 is 1.61 bits per heavy atom. The zero-order chi connectivity index (χ0) is 22.4. The Balaban J connectivity index is 1.80. The fourth-order valence-electron chi connectivity index (χ4n) is 2.88. The summed E-state index contributed by atoms with van der Waals surface area (Å²) in [5, 5.41) is 5.05. The fourth-order valence-corrected chi connectivity index (χ4v) is 3.69. The first kappa shape index (κ1) is 22.1. The summed E-state index contributed by atoms with van der Waals surface area (Å²) in [5.74, 6) is 0.969. The van der Waals surface area contributed by atoms with Gasteiger partial charge in [-0.3, -0.25) is 4.79 Å². The van der Waals surface area contributed by atoms with Gasteiger partial charge in [0.1, 0.15) is 10.7 Å². The highest BCUT2D eigenvalue weighted by atomic mass is 32.1. The fraction of sp³-hybridized carbons (Fsp3) is 0.227. The molecule has 1 amide bonds. The molecule has 0 fully saturated rings. The minimum Gasteiger partial charge on any atom is -0.493 e. The summed E-state index contributed by atoms with van der Waals surface area (Å²) < 4.78 is 20.5. The molecule has 8 nitrogen and oxygen atoms in total. The molecule has 0 bridgehead atoms. The predicted molar refractivity (Wildman–Crippen MR) is 116 cm³/mol. The van der Waals surface area contributed by atoms with E-state index in [1.54, 1.807) is 17.5 Å². The van der Waals surface area contributed by atoms with Gasteiger partial charge < -0.3 is 24.3 Å². The van der Waals surface area contributed by atoms with Gasteiger partial charge in [-0.05, 0) is 17.7 Å². The molecule has 0 aliphatic heterocycles. The van der Waals surface area contributed by atoms with Gasteiger partial charge in [0.2, 0.25) is 11.5 Å². The molecule has 0 aliphatic rings. The predicted octanol–water partition coefficient (Wildman–Crippen LogP) is 3.92. The van der Waals surface area contributed by atoms with Crippen molar-refractivity contribution in [1.29, 1.82) is 0 Å². The van der Waals surface area contributed by atoms with E-state index in [-0.39, 0.29) is 5.78 Å². The largest absolute Gasteiger partial charge is 0.493 e. The highest BCUT2D eigenvalue weighted by Crippen LogP contribution is 2.39. The summed E-state index contributed by atoms with van der Waals surface area (Å²) in [6.07, 6.45) is -0.487. The molecular formula is C22H22N2O6S. The van der Waals surface area contributed by atoms with Crippen LogP contribution in [0.3, 0.4) is 0 Å². The minimum absolute atomic E-state index is 0.249. The molecule has 1 N–H and O–H groups in total. The molecule has 162 valence electrons. The van der Waals surface area contributed by atoms with E-state index in [0.29, 0.717) is 40.1 Å². The van der Waals surface area contributed by atoms with Gasteiger partial charge in [-0.15, -0.1) is 11.3 Å². The van der Waals surface area contributed by atoms with Crippen LogP contribution in [0, 0.1) is 0 Å². The third kappa shape index (κ3) is 4.95. The molecule has 0 atom stereocenters. The Morgan fingerprint density at radius 3 is 2.16 bits per heavy atom. The summed E-state index contributed by atoms with van der Waals surface area (Å²) in [6, 6.07) is 10.7. The Kier molecular flexibility index (Phi) is 7.09. The van der Waals surface area contributed by atoms with Crippen molar-refractivity contribution in [2.24, 2.45) is 0 Å². The lowest BCUT2D eigenvalue weighted by Gasteiger charge is -2.13. The second-order valence-corrected chi connectivity index (χ2v) is 7.18. The number of hydrogen-bond donors (Lipinski definition) is 1. The number of aromatic nitrogens is 1. The normalized spacial score (nSPS) is 10.3. The number of alkyl carbamates (subject to hydrolysis) is 1. The van der Waals surface area contributed by atoms with Gasteiger partial charge in [-0.25, -0.2) is 9.78 Å². The van der Waals surface area contributed by atoms with Gasteiger partial charge in [0.25, 0.3) is 0 Å². The maximum absolute atomic E-state index is 13.0. The van der Waals surface area contributed by atoms with Crippen molar-refractivity contribution in [3.05, 3.63) is 58.6 Å². The summed E-state index contributed by atoms with van der Waals surface area (Å²) in [5.41, 5.74) is 2.50. The number of carbonyl (C=O) groups excluding carboxylic acids is 2. The van der Waals surface area contributed by atoms with E-state index >= 15 is 0 Å². The number of nitrogens with zero attached hydrogens (tertiary/aromatic N) is 1.